The van der Waals surface area contributed by atoms with Crippen LogP contribution in [0.4, 0.5) is 26.3 Å². The van der Waals surface area contributed by atoms with Crippen LogP contribution in [0.5, 0.6) is 0 Å². The summed E-state index contributed by atoms with van der Waals surface area (Å²) >= 11 is 2.41. The normalized spacial score (nSPS) is 29.6. The zero-order valence-corrected chi connectivity index (χ0v) is 18.8. The molecule has 0 heterocycles. The summed E-state index contributed by atoms with van der Waals surface area (Å²) in [5.74, 6) is -1.49. The zero-order valence-electron chi connectivity index (χ0n) is 17.2. The van der Waals surface area contributed by atoms with Gasteiger partial charge in [0.15, 0.2) is 5.78 Å². The summed E-state index contributed by atoms with van der Waals surface area (Å²) in [7, 11) is 0. The third kappa shape index (κ3) is 3.65. The van der Waals surface area contributed by atoms with Gasteiger partial charge in [0.05, 0.1) is 20.6 Å². The highest BCUT2D eigenvalue weighted by molar-refractivity contribution is 8.02. The molecule has 0 radical (unpaired) electrons. The maximum absolute atomic E-state index is 13.8. The number of benzene rings is 2. The molecule has 2 aromatic carbocycles. The number of halogens is 6. The third-order valence-corrected chi connectivity index (χ3v) is 9.33. The fourth-order valence-electron chi connectivity index (χ4n) is 4.83. The number of thioether (sulfide) groups is 2. The average Bonchev–Trinajstić information content (AvgIpc) is 3.65. The number of rotatable bonds is 6. The largest absolute Gasteiger partial charge is 0.416 e. The lowest BCUT2D eigenvalue weighted by Crippen LogP contribution is -2.34. The van der Waals surface area contributed by atoms with E-state index in [2.05, 4.69) is 0 Å². The van der Waals surface area contributed by atoms with E-state index >= 15 is 0 Å². The Morgan fingerprint density at radius 1 is 0.750 bits per heavy atom. The van der Waals surface area contributed by atoms with Crippen molar-refractivity contribution in [3.8, 4) is 0 Å². The zero-order chi connectivity index (χ0) is 23.5. The number of ketones is 1. The Kier molecular flexibility index (Phi) is 5.68. The maximum Gasteiger partial charge on any atom is 0.416 e. The van der Waals surface area contributed by atoms with Crippen LogP contribution in [0.2, 0.25) is 0 Å². The first-order chi connectivity index (χ1) is 14.9. The Balaban J connectivity index is 1.68. The number of carbonyl (C=O) groups excluding carboxylic acids is 1. The summed E-state index contributed by atoms with van der Waals surface area (Å²) in [4.78, 5) is 13.8. The predicted octanol–water partition coefficient (Wildman–Crippen LogP) is 7.17. The van der Waals surface area contributed by atoms with Gasteiger partial charge in [-0.15, -0.1) is 23.5 Å². The fraction of sp³-hybridized carbons (Fsp3) is 0.435. The summed E-state index contributed by atoms with van der Waals surface area (Å²) < 4.78 is 79.1. The van der Waals surface area contributed by atoms with Crippen LogP contribution in [0.1, 0.15) is 46.9 Å². The van der Waals surface area contributed by atoms with Crippen LogP contribution in [0.15, 0.2) is 48.5 Å². The van der Waals surface area contributed by atoms with Gasteiger partial charge in [0, 0.05) is 11.8 Å². The number of hydrogen-bond donors (Lipinski definition) is 0. The standard InChI is InChI=1S/C23H20F6OS2/c1-31-20(11-17(20)13-7-3-5-9-15(13)22(24,25)26)19(30)21(32-2)12-18(21)14-8-4-6-10-16(14)23(27,28)29/h3-10,17-18H,11-12H2,1-2H3. The van der Waals surface area contributed by atoms with Crippen molar-refractivity contribution < 1.29 is 31.1 Å². The van der Waals surface area contributed by atoms with Gasteiger partial charge in [-0.05, 0) is 48.6 Å². The molecule has 172 valence electrons. The van der Waals surface area contributed by atoms with Gasteiger partial charge in [-0.25, -0.2) is 0 Å². The molecule has 0 amide bonds. The SMILES string of the molecule is CSC1(C(=O)C2(SC)CC2c2ccccc2C(F)(F)F)CC1c1ccccc1C(F)(F)F. The lowest BCUT2D eigenvalue weighted by atomic mass is 9.96. The molecular formula is C23H20F6OS2. The molecular weight excluding hydrogens is 470 g/mol. The van der Waals surface area contributed by atoms with Crippen LogP contribution in [-0.4, -0.2) is 27.8 Å². The lowest BCUT2D eigenvalue weighted by molar-refractivity contribution is -0.139. The van der Waals surface area contributed by atoms with Gasteiger partial charge in [0.1, 0.15) is 0 Å². The van der Waals surface area contributed by atoms with E-state index in [0.717, 1.165) is 12.1 Å². The summed E-state index contributed by atoms with van der Waals surface area (Å²) in [6.07, 6.45) is -5.23. The number of carbonyl (C=O) groups is 1. The first-order valence-electron chi connectivity index (χ1n) is 9.90. The van der Waals surface area contributed by atoms with E-state index in [1.165, 1.54) is 59.9 Å². The van der Waals surface area contributed by atoms with E-state index in [1.807, 2.05) is 0 Å². The second-order valence-corrected chi connectivity index (χ2v) is 10.5. The van der Waals surface area contributed by atoms with Crippen LogP contribution in [0.25, 0.3) is 0 Å². The molecule has 2 saturated carbocycles. The summed E-state index contributed by atoms with van der Waals surface area (Å²) in [5, 5.41) is 0. The molecule has 2 aliphatic carbocycles. The quantitative estimate of drug-likeness (QED) is 0.400. The van der Waals surface area contributed by atoms with E-state index in [9.17, 15) is 31.1 Å². The highest BCUT2D eigenvalue weighted by atomic mass is 32.2. The molecule has 4 atom stereocenters. The van der Waals surface area contributed by atoms with E-state index in [-0.39, 0.29) is 29.8 Å². The topological polar surface area (TPSA) is 17.1 Å². The van der Waals surface area contributed by atoms with Crippen molar-refractivity contribution in [2.45, 2.75) is 46.5 Å². The van der Waals surface area contributed by atoms with Gasteiger partial charge in [-0.3, -0.25) is 4.79 Å². The summed E-state index contributed by atoms with van der Waals surface area (Å²) in [6, 6.07) is 10.5. The third-order valence-electron chi connectivity index (χ3n) is 6.60. The first kappa shape index (κ1) is 23.5. The van der Waals surface area contributed by atoms with E-state index in [4.69, 9.17) is 0 Å². The minimum atomic E-state index is -4.54. The van der Waals surface area contributed by atoms with Crippen molar-refractivity contribution in [1.29, 1.82) is 0 Å². The van der Waals surface area contributed by atoms with Gasteiger partial charge >= 0.3 is 12.4 Å². The van der Waals surface area contributed by atoms with Crippen LogP contribution in [-0.2, 0) is 17.1 Å². The van der Waals surface area contributed by atoms with Crippen LogP contribution in [0.3, 0.4) is 0 Å². The Bertz CT molecular complexity index is 968. The van der Waals surface area contributed by atoms with Crippen LogP contribution < -0.4 is 0 Å². The smallest absolute Gasteiger partial charge is 0.297 e. The van der Waals surface area contributed by atoms with Crippen molar-refractivity contribution >= 4 is 29.3 Å². The van der Waals surface area contributed by atoms with Gasteiger partial charge < -0.3 is 0 Å². The lowest BCUT2D eigenvalue weighted by Gasteiger charge is -2.23. The molecule has 0 aromatic heterocycles. The Labute approximate surface area is 190 Å². The number of Topliss-reactive ketones (excluding diaryl/α,β-unsaturated/α-hetero) is 1. The minimum absolute atomic E-state index is 0.0758. The van der Waals surface area contributed by atoms with Gasteiger partial charge in [0.2, 0.25) is 0 Å². The molecule has 0 bridgehead atoms. The molecule has 2 aromatic rings. The van der Waals surface area contributed by atoms with Crippen molar-refractivity contribution in [2.75, 3.05) is 12.5 Å². The molecule has 9 heteroatoms. The number of hydrogen-bond acceptors (Lipinski definition) is 3. The van der Waals surface area contributed by atoms with E-state index < -0.39 is 44.8 Å². The Hall–Kier alpha value is -1.61. The fourth-order valence-corrected chi connectivity index (χ4v) is 7.11. The molecule has 4 rings (SSSR count). The Morgan fingerprint density at radius 3 is 1.41 bits per heavy atom. The molecule has 0 aliphatic heterocycles. The Morgan fingerprint density at radius 2 is 1.09 bits per heavy atom. The van der Waals surface area contributed by atoms with Crippen molar-refractivity contribution in [1.82, 2.24) is 0 Å². The molecule has 32 heavy (non-hydrogen) atoms. The van der Waals surface area contributed by atoms with Crippen molar-refractivity contribution in [2.24, 2.45) is 0 Å². The second kappa shape index (κ2) is 7.72. The molecule has 1 nitrogen and oxygen atoms in total. The monoisotopic (exact) mass is 490 g/mol. The molecule has 2 aliphatic rings. The molecule has 0 spiro atoms. The van der Waals surface area contributed by atoms with Crippen LogP contribution in [0, 0.1) is 0 Å². The molecule has 0 N–H and O–H groups in total. The highest BCUT2D eigenvalue weighted by Gasteiger charge is 2.72. The first-order valence-corrected chi connectivity index (χ1v) is 12.3. The molecule has 0 saturated heterocycles. The van der Waals surface area contributed by atoms with Gasteiger partial charge in [-0.2, -0.15) is 26.3 Å². The summed E-state index contributed by atoms with van der Waals surface area (Å²) in [5.41, 5.74) is -1.37. The van der Waals surface area contributed by atoms with E-state index in [1.54, 1.807) is 12.5 Å². The summed E-state index contributed by atoms with van der Waals surface area (Å²) in [6.45, 7) is 0. The van der Waals surface area contributed by atoms with Crippen molar-refractivity contribution in [3.63, 3.8) is 0 Å². The number of alkyl halides is 6. The van der Waals surface area contributed by atoms with Gasteiger partial charge in [0.25, 0.3) is 0 Å². The predicted molar refractivity (Wildman–Crippen MR) is 115 cm³/mol. The van der Waals surface area contributed by atoms with Crippen LogP contribution >= 0.6 is 23.5 Å². The molecule has 2 fully saturated rings. The van der Waals surface area contributed by atoms with E-state index in [0.29, 0.717) is 0 Å². The minimum Gasteiger partial charge on any atom is -0.297 e. The molecule has 4 unspecified atom stereocenters. The highest BCUT2D eigenvalue weighted by Crippen LogP contribution is 2.70. The second-order valence-electron chi connectivity index (χ2n) is 8.20. The average molecular weight is 491 g/mol. The van der Waals surface area contributed by atoms with Crippen molar-refractivity contribution in [3.05, 3.63) is 70.8 Å². The maximum atomic E-state index is 13.8. The van der Waals surface area contributed by atoms with Gasteiger partial charge in [-0.1, -0.05) is 36.4 Å².